The Morgan fingerprint density at radius 3 is 3.12 bits per heavy atom. The zero-order valence-electron chi connectivity index (χ0n) is 10.2. The summed E-state index contributed by atoms with van der Waals surface area (Å²) in [6.45, 7) is 4.80. The first-order valence-corrected chi connectivity index (χ1v) is 5.84. The standard InChI is InChI=1S/C11H18N6/c1-8(4-3-5-12)15-10-6-9(2)16-11-13-7-14-17(10)11/h6-8,15H,3-5,12H2,1-2H3. The number of aryl methyl sites for hydroxylation is 1. The predicted octanol–water partition coefficient (Wildman–Crippen LogP) is 0.972. The van der Waals surface area contributed by atoms with Crippen molar-refractivity contribution in [3.05, 3.63) is 18.1 Å². The topological polar surface area (TPSA) is 81.1 Å². The number of hydrogen-bond acceptors (Lipinski definition) is 5. The molecule has 6 heteroatoms. The number of nitrogens with one attached hydrogen (secondary N) is 1. The van der Waals surface area contributed by atoms with E-state index in [-0.39, 0.29) is 0 Å². The Morgan fingerprint density at radius 1 is 1.53 bits per heavy atom. The SMILES string of the molecule is Cc1cc(NC(C)CCCN)n2ncnc2n1. The van der Waals surface area contributed by atoms with Gasteiger partial charge in [0.05, 0.1) is 0 Å². The summed E-state index contributed by atoms with van der Waals surface area (Å²) in [6.07, 6.45) is 3.56. The lowest BCUT2D eigenvalue weighted by Crippen LogP contribution is -2.19. The molecular formula is C11H18N6. The Labute approximate surface area is 100 Å². The summed E-state index contributed by atoms with van der Waals surface area (Å²) < 4.78 is 1.71. The molecule has 92 valence electrons. The second-order valence-electron chi connectivity index (χ2n) is 4.23. The molecule has 2 heterocycles. The Morgan fingerprint density at radius 2 is 2.35 bits per heavy atom. The molecule has 0 aliphatic heterocycles. The van der Waals surface area contributed by atoms with Crippen molar-refractivity contribution in [3.63, 3.8) is 0 Å². The molecule has 0 aromatic carbocycles. The Balaban J connectivity index is 2.19. The first-order chi connectivity index (χ1) is 8.20. The molecule has 0 spiro atoms. The molecular weight excluding hydrogens is 216 g/mol. The van der Waals surface area contributed by atoms with Gasteiger partial charge >= 0.3 is 0 Å². The van der Waals surface area contributed by atoms with Crippen LogP contribution in [0, 0.1) is 6.92 Å². The van der Waals surface area contributed by atoms with Gasteiger partial charge in [0.2, 0.25) is 0 Å². The van der Waals surface area contributed by atoms with E-state index in [1.54, 1.807) is 4.52 Å². The molecule has 0 fully saturated rings. The second-order valence-corrected chi connectivity index (χ2v) is 4.23. The minimum absolute atomic E-state index is 0.354. The van der Waals surface area contributed by atoms with Crippen molar-refractivity contribution >= 4 is 11.6 Å². The lowest BCUT2D eigenvalue weighted by Gasteiger charge is -2.15. The number of fused-ring (bicyclic) bond motifs is 1. The molecule has 0 radical (unpaired) electrons. The van der Waals surface area contributed by atoms with E-state index in [4.69, 9.17) is 5.73 Å². The molecule has 0 aliphatic rings. The van der Waals surface area contributed by atoms with E-state index in [9.17, 15) is 0 Å². The Bertz CT molecular complexity index is 492. The smallest absolute Gasteiger partial charge is 0.254 e. The fourth-order valence-electron chi connectivity index (χ4n) is 1.78. The van der Waals surface area contributed by atoms with Crippen molar-refractivity contribution in [1.82, 2.24) is 19.6 Å². The van der Waals surface area contributed by atoms with Crippen LogP contribution in [0.25, 0.3) is 5.78 Å². The normalized spacial score (nSPS) is 12.9. The molecule has 2 aromatic heterocycles. The van der Waals surface area contributed by atoms with E-state index in [0.29, 0.717) is 11.8 Å². The summed E-state index contributed by atoms with van der Waals surface area (Å²) in [5.74, 6) is 1.55. The van der Waals surface area contributed by atoms with Crippen LogP contribution in [0.4, 0.5) is 5.82 Å². The first kappa shape index (κ1) is 11.8. The van der Waals surface area contributed by atoms with Crippen molar-refractivity contribution in [1.29, 1.82) is 0 Å². The van der Waals surface area contributed by atoms with Crippen LogP contribution in [-0.4, -0.2) is 32.2 Å². The Kier molecular flexibility index (Phi) is 3.53. The number of anilines is 1. The highest BCUT2D eigenvalue weighted by molar-refractivity contribution is 5.45. The maximum atomic E-state index is 5.50. The van der Waals surface area contributed by atoms with E-state index in [1.165, 1.54) is 6.33 Å². The van der Waals surface area contributed by atoms with Crippen molar-refractivity contribution in [2.45, 2.75) is 32.7 Å². The van der Waals surface area contributed by atoms with Gasteiger partial charge in [-0.25, -0.2) is 4.98 Å². The van der Waals surface area contributed by atoms with Gasteiger partial charge in [0.15, 0.2) is 0 Å². The van der Waals surface area contributed by atoms with Crippen LogP contribution in [0.5, 0.6) is 0 Å². The van der Waals surface area contributed by atoms with Gasteiger partial charge in [0.1, 0.15) is 12.1 Å². The van der Waals surface area contributed by atoms with Gasteiger partial charge in [0, 0.05) is 17.8 Å². The molecule has 2 aromatic rings. The fourth-order valence-corrected chi connectivity index (χ4v) is 1.78. The third-order valence-corrected chi connectivity index (χ3v) is 2.62. The van der Waals surface area contributed by atoms with Crippen molar-refractivity contribution in [2.24, 2.45) is 5.73 Å². The van der Waals surface area contributed by atoms with Crippen molar-refractivity contribution < 1.29 is 0 Å². The van der Waals surface area contributed by atoms with Crippen LogP contribution < -0.4 is 11.1 Å². The van der Waals surface area contributed by atoms with E-state index in [1.807, 2.05) is 13.0 Å². The van der Waals surface area contributed by atoms with Crippen LogP contribution in [0.1, 0.15) is 25.5 Å². The van der Waals surface area contributed by atoms with E-state index >= 15 is 0 Å². The maximum absolute atomic E-state index is 5.50. The quantitative estimate of drug-likeness (QED) is 0.805. The molecule has 17 heavy (non-hydrogen) atoms. The highest BCUT2D eigenvalue weighted by Crippen LogP contribution is 2.12. The van der Waals surface area contributed by atoms with Crippen LogP contribution in [0.3, 0.4) is 0 Å². The van der Waals surface area contributed by atoms with Gasteiger partial charge in [-0.1, -0.05) is 0 Å². The number of rotatable bonds is 5. The van der Waals surface area contributed by atoms with Crippen LogP contribution in [0.15, 0.2) is 12.4 Å². The summed E-state index contributed by atoms with van der Waals surface area (Å²) in [6, 6.07) is 2.33. The molecule has 0 amide bonds. The highest BCUT2D eigenvalue weighted by atomic mass is 15.4. The lowest BCUT2D eigenvalue weighted by atomic mass is 10.2. The van der Waals surface area contributed by atoms with Gasteiger partial charge in [-0.05, 0) is 33.2 Å². The number of aromatic nitrogens is 4. The predicted molar refractivity (Wildman–Crippen MR) is 66.9 cm³/mol. The summed E-state index contributed by atoms with van der Waals surface area (Å²) >= 11 is 0. The summed E-state index contributed by atoms with van der Waals surface area (Å²) in [4.78, 5) is 8.39. The molecule has 6 nitrogen and oxygen atoms in total. The van der Waals surface area contributed by atoms with Crippen LogP contribution in [-0.2, 0) is 0 Å². The maximum Gasteiger partial charge on any atom is 0.254 e. The summed E-state index contributed by atoms with van der Waals surface area (Å²) in [5, 5.41) is 7.56. The summed E-state index contributed by atoms with van der Waals surface area (Å²) in [5.41, 5.74) is 6.43. The van der Waals surface area contributed by atoms with Gasteiger partial charge in [-0.15, -0.1) is 0 Å². The van der Waals surface area contributed by atoms with Crippen molar-refractivity contribution in [3.8, 4) is 0 Å². The lowest BCUT2D eigenvalue weighted by molar-refractivity contribution is 0.657. The van der Waals surface area contributed by atoms with E-state index in [0.717, 1.165) is 30.9 Å². The van der Waals surface area contributed by atoms with E-state index < -0.39 is 0 Å². The zero-order chi connectivity index (χ0) is 12.3. The first-order valence-electron chi connectivity index (χ1n) is 5.84. The zero-order valence-corrected chi connectivity index (χ0v) is 10.2. The van der Waals surface area contributed by atoms with Gasteiger partial charge in [-0.2, -0.15) is 14.6 Å². The van der Waals surface area contributed by atoms with Gasteiger partial charge in [0.25, 0.3) is 5.78 Å². The molecule has 0 saturated carbocycles. The Hall–Kier alpha value is -1.69. The van der Waals surface area contributed by atoms with Crippen molar-refractivity contribution in [2.75, 3.05) is 11.9 Å². The number of nitrogens with two attached hydrogens (primary N) is 1. The minimum atomic E-state index is 0.354. The third-order valence-electron chi connectivity index (χ3n) is 2.62. The van der Waals surface area contributed by atoms with Gasteiger partial charge in [-0.3, -0.25) is 0 Å². The average Bonchev–Trinajstić information content (AvgIpc) is 2.74. The second kappa shape index (κ2) is 5.09. The molecule has 2 rings (SSSR count). The highest BCUT2D eigenvalue weighted by Gasteiger charge is 2.08. The molecule has 0 saturated heterocycles. The largest absolute Gasteiger partial charge is 0.367 e. The minimum Gasteiger partial charge on any atom is -0.367 e. The fraction of sp³-hybridized carbons (Fsp3) is 0.545. The van der Waals surface area contributed by atoms with Crippen LogP contribution >= 0.6 is 0 Å². The molecule has 1 atom stereocenters. The van der Waals surface area contributed by atoms with E-state index in [2.05, 4.69) is 27.3 Å². The van der Waals surface area contributed by atoms with Crippen LogP contribution in [0.2, 0.25) is 0 Å². The monoisotopic (exact) mass is 234 g/mol. The molecule has 3 N–H and O–H groups in total. The third kappa shape index (κ3) is 2.71. The molecule has 0 aliphatic carbocycles. The average molecular weight is 234 g/mol. The van der Waals surface area contributed by atoms with Gasteiger partial charge < -0.3 is 11.1 Å². The molecule has 1 unspecified atom stereocenters. The molecule has 0 bridgehead atoms. The number of nitrogens with zero attached hydrogens (tertiary/aromatic N) is 4. The summed E-state index contributed by atoms with van der Waals surface area (Å²) in [7, 11) is 0. The number of hydrogen-bond donors (Lipinski definition) is 2.